The second-order valence-corrected chi connectivity index (χ2v) is 9.47. The number of thiophene rings is 1. The molecule has 1 amide bonds. The highest BCUT2D eigenvalue weighted by Crippen LogP contribution is 2.40. The van der Waals surface area contributed by atoms with Crippen LogP contribution < -0.4 is 5.32 Å². The summed E-state index contributed by atoms with van der Waals surface area (Å²) in [5, 5.41) is 3.59. The zero-order valence-electron chi connectivity index (χ0n) is 13.5. The molecule has 0 aliphatic heterocycles. The van der Waals surface area contributed by atoms with E-state index in [0.29, 0.717) is 16.5 Å². The number of nitrogens with zero attached hydrogens (tertiary/aromatic N) is 1. The quantitative estimate of drug-likeness (QED) is 0.847. The van der Waals surface area contributed by atoms with Gasteiger partial charge in [0.05, 0.1) is 4.88 Å². The molecule has 0 aromatic carbocycles. The highest BCUT2D eigenvalue weighted by atomic mass is 32.1. The second-order valence-electron chi connectivity index (χ2n) is 7.10. The third-order valence-corrected chi connectivity index (χ3v) is 6.44. The van der Waals surface area contributed by atoms with Crippen LogP contribution in [0.5, 0.6) is 0 Å². The minimum absolute atomic E-state index is 0.0268. The molecule has 118 valence electrons. The summed E-state index contributed by atoms with van der Waals surface area (Å²) in [4.78, 5) is 19.9. The van der Waals surface area contributed by atoms with E-state index in [9.17, 15) is 4.79 Å². The summed E-state index contributed by atoms with van der Waals surface area (Å²) in [6.07, 6.45) is 5.21. The number of anilines is 1. The number of hydrogen-bond acceptors (Lipinski definition) is 4. The van der Waals surface area contributed by atoms with E-state index in [2.05, 4.69) is 37.1 Å². The van der Waals surface area contributed by atoms with Crippen molar-refractivity contribution in [3.63, 3.8) is 0 Å². The van der Waals surface area contributed by atoms with Gasteiger partial charge in [-0.05, 0) is 49.1 Å². The van der Waals surface area contributed by atoms with Crippen LogP contribution >= 0.6 is 22.7 Å². The monoisotopic (exact) mass is 334 g/mol. The largest absolute Gasteiger partial charge is 0.297 e. The van der Waals surface area contributed by atoms with Crippen molar-refractivity contribution in [3.8, 4) is 0 Å². The second kappa shape index (κ2) is 5.78. The maximum absolute atomic E-state index is 12.4. The van der Waals surface area contributed by atoms with E-state index in [0.717, 1.165) is 22.6 Å². The lowest BCUT2D eigenvalue weighted by molar-refractivity contribution is 0.103. The Balaban J connectivity index is 1.75. The van der Waals surface area contributed by atoms with E-state index < -0.39 is 0 Å². The SMILES string of the molecule is Cc1cnc(NC(=O)c2cc3c(s2)CC[C@@H](C(C)(C)C)C3)s1. The fraction of sp³-hybridized carbons (Fsp3) is 0.529. The van der Waals surface area contributed by atoms with Crippen LogP contribution in [-0.2, 0) is 12.8 Å². The van der Waals surface area contributed by atoms with Gasteiger partial charge in [0, 0.05) is 16.0 Å². The van der Waals surface area contributed by atoms with Crippen LogP contribution in [-0.4, -0.2) is 10.9 Å². The van der Waals surface area contributed by atoms with Crippen molar-refractivity contribution in [1.29, 1.82) is 0 Å². The molecular weight excluding hydrogens is 312 g/mol. The van der Waals surface area contributed by atoms with Gasteiger partial charge in [0.2, 0.25) is 0 Å². The van der Waals surface area contributed by atoms with Gasteiger partial charge in [-0.3, -0.25) is 10.1 Å². The molecule has 0 fully saturated rings. The fourth-order valence-corrected chi connectivity index (χ4v) is 4.71. The average molecular weight is 335 g/mol. The lowest BCUT2D eigenvalue weighted by Crippen LogP contribution is -2.26. The standard InChI is InChI=1S/C17H22N2OS2/c1-10-9-18-16(21-10)19-15(20)14-8-11-7-12(17(2,3)4)5-6-13(11)22-14/h8-9,12H,5-7H2,1-4H3,(H,18,19,20)/t12-/m1/s1. The maximum Gasteiger partial charge on any atom is 0.267 e. The van der Waals surface area contributed by atoms with Crippen LogP contribution in [0.2, 0.25) is 0 Å². The number of fused-ring (bicyclic) bond motifs is 1. The van der Waals surface area contributed by atoms with Gasteiger partial charge in [-0.1, -0.05) is 20.8 Å². The molecule has 0 spiro atoms. The van der Waals surface area contributed by atoms with Gasteiger partial charge in [0.15, 0.2) is 5.13 Å². The highest BCUT2D eigenvalue weighted by Gasteiger charge is 2.30. The Morgan fingerprint density at radius 1 is 1.36 bits per heavy atom. The number of thiazole rings is 1. The first kappa shape index (κ1) is 15.7. The summed E-state index contributed by atoms with van der Waals surface area (Å²) < 4.78 is 0. The fourth-order valence-electron chi connectivity index (χ4n) is 2.95. The molecule has 0 unspecified atom stereocenters. The van der Waals surface area contributed by atoms with E-state index in [1.165, 1.54) is 28.2 Å². The first-order chi connectivity index (χ1) is 10.3. The molecule has 1 N–H and O–H groups in total. The summed E-state index contributed by atoms with van der Waals surface area (Å²) in [5.74, 6) is 0.674. The normalized spacial score (nSPS) is 18.1. The molecule has 0 bridgehead atoms. The van der Waals surface area contributed by atoms with Crippen LogP contribution in [0.3, 0.4) is 0 Å². The Bertz CT molecular complexity index is 694. The van der Waals surface area contributed by atoms with Crippen molar-refractivity contribution in [2.75, 3.05) is 5.32 Å². The van der Waals surface area contributed by atoms with Crippen molar-refractivity contribution < 1.29 is 4.79 Å². The van der Waals surface area contributed by atoms with Gasteiger partial charge in [-0.15, -0.1) is 22.7 Å². The summed E-state index contributed by atoms with van der Waals surface area (Å²) in [7, 11) is 0. The first-order valence-electron chi connectivity index (χ1n) is 7.68. The van der Waals surface area contributed by atoms with Gasteiger partial charge in [0.1, 0.15) is 0 Å². The first-order valence-corrected chi connectivity index (χ1v) is 9.31. The molecule has 5 heteroatoms. The van der Waals surface area contributed by atoms with E-state index in [4.69, 9.17) is 0 Å². The van der Waals surface area contributed by atoms with E-state index in [-0.39, 0.29) is 5.91 Å². The van der Waals surface area contributed by atoms with Gasteiger partial charge in [0.25, 0.3) is 5.91 Å². The lowest BCUT2D eigenvalue weighted by atomic mass is 9.72. The van der Waals surface area contributed by atoms with Crippen LogP contribution in [0.1, 0.15) is 52.2 Å². The summed E-state index contributed by atoms with van der Waals surface area (Å²) in [6.45, 7) is 8.93. The molecule has 1 atom stereocenters. The number of rotatable bonds is 2. The predicted molar refractivity (Wildman–Crippen MR) is 94.1 cm³/mol. The summed E-state index contributed by atoms with van der Waals surface area (Å²) in [6, 6.07) is 2.09. The Morgan fingerprint density at radius 3 is 2.77 bits per heavy atom. The van der Waals surface area contributed by atoms with Crippen LogP contribution in [0.25, 0.3) is 0 Å². The average Bonchev–Trinajstić information content (AvgIpc) is 3.02. The van der Waals surface area contributed by atoms with Gasteiger partial charge in [-0.2, -0.15) is 0 Å². The Kier molecular flexibility index (Phi) is 4.12. The van der Waals surface area contributed by atoms with Gasteiger partial charge >= 0.3 is 0 Å². The molecule has 2 aromatic heterocycles. The molecular formula is C17H22N2OS2. The number of aryl methyl sites for hydroxylation is 2. The highest BCUT2D eigenvalue weighted by molar-refractivity contribution is 7.16. The molecule has 0 radical (unpaired) electrons. The Labute approximate surface area is 139 Å². The minimum Gasteiger partial charge on any atom is -0.297 e. The van der Waals surface area contributed by atoms with Crippen molar-refractivity contribution >= 4 is 33.7 Å². The summed E-state index contributed by atoms with van der Waals surface area (Å²) >= 11 is 3.16. The number of hydrogen-bond donors (Lipinski definition) is 1. The zero-order chi connectivity index (χ0) is 15.9. The smallest absolute Gasteiger partial charge is 0.267 e. The molecule has 3 rings (SSSR count). The molecule has 1 aliphatic rings. The van der Waals surface area contributed by atoms with Crippen molar-refractivity contribution in [2.45, 2.75) is 47.0 Å². The predicted octanol–water partition coefficient (Wildman–Crippen LogP) is 4.92. The Morgan fingerprint density at radius 2 is 2.14 bits per heavy atom. The van der Waals surface area contributed by atoms with Crippen LogP contribution in [0.4, 0.5) is 5.13 Å². The topological polar surface area (TPSA) is 42.0 Å². The molecule has 3 nitrogen and oxygen atoms in total. The van der Waals surface area contributed by atoms with Gasteiger partial charge < -0.3 is 0 Å². The molecule has 0 saturated carbocycles. The van der Waals surface area contributed by atoms with E-state index in [1.54, 1.807) is 17.5 Å². The third-order valence-electron chi connectivity index (χ3n) is 4.37. The number of aromatic nitrogens is 1. The molecule has 0 saturated heterocycles. The Hall–Kier alpha value is -1.20. The van der Waals surface area contributed by atoms with Crippen molar-refractivity contribution in [2.24, 2.45) is 11.3 Å². The summed E-state index contributed by atoms with van der Waals surface area (Å²) in [5.41, 5.74) is 1.71. The maximum atomic E-state index is 12.4. The van der Waals surface area contributed by atoms with Crippen LogP contribution in [0.15, 0.2) is 12.3 Å². The lowest BCUT2D eigenvalue weighted by Gasteiger charge is -2.33. The van der Waals surface area contributed by atoms with E-state index in [1.807, 2.05) is 6.92 Å². The minimum atomic E-state index is -0.0268. The number of nitrogens with one attached hydrogen (secondary N) is 1. The van der Waals surface area contributed by atoms with E-state index >= 15 is 0 Å². The number of carbonyl (C=O) groups is 1. The molecule has 22 heavy (non-hydrogen) atoms. The molecule has 1 aliphatic carbocycles. The van der Waals surface area contributed by atoms with Crippen molar-refractivity contribution in [1.82, 2.24) is 4.98 Å². The third kappa shape index (κ3) is 3.25. The number of amides is 1. The molecule has 2 aromatic rings. The van der Waals surface area contributed by atoms with Gasteiger partial charge in [-0.25, -0.2) is 4.98 Å². The number of carbonyl (C=O) groups excluding carboxylic acids is 1. The van der Waals surface area contributed by atoms with Crippen LogP contribution in [0, 0.1) is 18.3 Å². The molecule has 2 heterocycles. The zero-order valence-corrected chi connectivity index (χ0v) is 15.2. The van der Waals surface area contributed by atoms with Crippen molar-refractivity contribution in [3.05, 3.63) is 32.5 Å².